The van der Waals surface area contributed by atoms with E-state index in [2.05, 4.69) is 5.32 Å². The van der Waals surface area contributed by atoms with Crippen molar-refractivity contribution < 1.29 is 13.6 Å². The van der Waals surface area contributed by atoms with Gasteiger partial charge < -0.3 is 11.1 Å². The van der Waals surface area contributed by atoms with Gasteiger partial charge in [0.1, 0.15) is 0 Å². The summed E-state index contributed by atoms with van der Waals surface area (Å²) in [6, 6.07) is 0. The van der Waals surface area contributed by atoms with Crippen molar-refractivity contribution >= 4 is 18.3 Å². The number of hydrogen-bond acceptors (Lipinski definition) is 2. The van der Waals surface area contributed by atoms with Crippen LogP contribution in [0.25, 0.3) is 0 Å². The molecule has 120 valence electrons. The second-order valence-electron chi connectivity index (χ2n) is 5.65. The standard InChI is InChI=1S/C14H26F2N2O.ClH/c1-2-5-12(8-11-6-3-4-7-11)13(19)18-10-14(15,16)9-17;/h11-12H,2-10,17H2,1H3,(H,18,19);1H. The topological polar surface area (TPSA) is 55.1 Å². The third-order valence-corrected chi connectivity index (χ3v) is 3.92. The monoisotopic (exact) mass is 312 g/mol. The van der Waals surface area contributed by atoms with Crippen LogP contribution in [0.4, 0.5) is 8.78 Å². The molecule has 6 heteroatoms. The fourth-order valence-electron chi connectivity index (χ4n) is 2.79. The Balaban J connectivity index is 0.00000361. The quantitative estimate of drug-likeness (QED) is 0.723. The molecule has 0 heterocycles. The zero-order valence-corrected chi connectivity index (χ0v) is 13.0. The third kappa shape index (κ3) is 6.84. The Morgan fingerprint density at radius 3 is 2.50 bits per heavy atom. The van der Waals surface area contributed by atoms with Crippen LogP contribution >= 0.6 is 12.4 Å². The number of hydrogen-bond donors (Lipinski definition) is 2. The molecule has 0 bridgehead atoms. The minimum atomic E-state index is -3.00. The summed E-state index contributed by atoms with van der Waals surface area (Å²) in [6.07, 6.45) is 7.33. The fraction of sp³-hybridized carbons (Fsp3) is 0.929. The minimum absolute atomic E-state index is 0. The van der Waals surface area contributed by atoms with Crippen LogP contribution in [-0.4, -0.2) is 24.9 Å². The number of rotatable bonds is 8. The lowest BCUT2D eigenvalue weighted by molar-refractivity contribution is -0.127. The summed E-state index contributed by atoms with van der Waals surface area (Å²) in [5, 5.41) is 2.36. The summed E-state index contributed by atoms with van der Waals surface area (Å²) in [7, 11) is 0. The molecular weight excluding hydrogens is 286 g/mol. The largest absolute Gasteiger partial charge is 0.350 e. The molecule has 0 saturated heterocycles. The van der Waals surface area contributed by atoms with Crippen molar-refractivity contribution in [1.82, 2.24) is 5.32 Å². The number of halogens is 3. The predicted octanol–water partition coefficient (Wildman–Crippen LogP) is 3.12. The molecule has 0 aromatic carbocycles. The van der Waals surface area contributed by atoms with Crippen LogP contribution in [-0.2, 0) is 4.79 Å². The number of carbonyl (C=O) groups excluding carboxylic acids is 1. The third-order valence-electron chi connectivity index (χ3n) is 3.92. The maximum atomic E-state index is 13.0. The average molecular weight is 313 g/mol. The van der Waals surface area contributed by atoms with Crippen molar-refractivity contribution in [3.8, 4) is 0 Å². The van der Waals surface area contributed by atoms with Crippen molar-refractivity contribution in [3.05, 3.63) is 0 Å². The van der Waals surface area contributed by atoms with E-state index in [1.54, 1.807) is 0 Å². The molecule has 1 atom stereocenters. The summed E-state index contributed by atoms with van der Waals surface area (Å²) in [5.74, 6) is -2.76. The zero-order valence-electron chi connectivity index (χ0n) is 12.2. The van der Waals surface area contributed by atoms with Gasteiger partial charge in [-0.1, -0.05) is 39.0 Å². The van der Waals surface area contributed by atoms with E-state index in [0.717, 1.165) is 19.3 Å². The molecule has 1 aliphatic rings. The van der Waals surface area contributed by atoms with Gasteiger partial charge >= 0.3 is 0 Å². The molecule has 1 saturated carbocycles. The molecule has 0 aromatic rings. The molecule has 1 fully saturated rings. The second-order valence-corrected chi connectivity index (χ2v) is 5.65. The molecule has 3 nitrogen and oxygen atoms in total. The number of nitrogens with one attached hydrogen (secondary N) is 1. The lowest BCUT2D eigenvalue weighted by Gasteiger charge is -2.21. The lowest BCUT2D eigenvalue weighted by Crippen LogP contribution is -2.43. The highest BCUT2D eigenvalue weighted by Gasteiger charge is 2.30. The summed E-state index contributed by atoms with van der Waals surface area (Å²) in [4.78, 5) is 12.0. The van der Waals surface area contributed by atoms with Crippen molar-refractivity contribution in [2.75, 3.05) is 13.1 Å². The van der Waals surface area contributed by atoms with Crippen LogP contribution in [0.5, 0.6) is 0 Å². The smallest absolute Gasteiger partial charge is 0.277 e. The molecule has 1 rings (SSSR count). The Hall–Kier alpha value is -0.420. The molecule has 0 radical (unpaired) electrons. The van der Waals surface area contributed by atoms with Crippen LogP contribution in [0.3, 0.4) is 0 Å². The zero-order chi connectivity index (χ0) is 14.3. The van der Waals surface area contributed by atoms with Crippen LogP contribution in [0.2, 0.25) is 0 Å². The van der Waals surface area contributed by atoms with Gasteiger partial charge in [-0.25, -0.2) is 8.78 Å². The number of carbonyl (C=O) groups is 1. The first-order chi connectivity index (χ1) is 8.98. The average Bonchev–Trinajstić information content (AvgIpc) is 2.88. The van der Waals surface area contributed by atoms with Crippen molar-refractivity contribution in [3.63, 3.8) is 0 Å². The SMILES string of the molecule is CCCC(CC1CCCC1)C(=O)NCC(F)(F)CN.Cl. The molecule has 3 N–H and O–H groups in total. The van der Waals surface area contributed by atoms with Gasteiger partial charge in [0.25, 0.3) is 5.92 Å². The van der Waals surface area contributed by atoms with E-state index in [9.17, 15) is 13.6 Å². The number of amides is 1. The van der Waals surface area contributed by atoms with Gasteiger partial charge in [-0.15, -0.1) is 12.4 Å². The van der Waals surface area contributed by atoms with E-state index < -0.39 is 19.0 Å². The van der Waals surface area contributed by atoms with Crippen molar-refractivity contribution in [1.29, 1.82) is 0 Å². The summed E-state index contributed by atoms with van der Waals surface area (Å²) >= 11 is 0. The van der Waals surface area contributed by atoms with Crippen LogP contribution in [0.15, 0.2) is 0 Å². The predicted molar refractivity (Wildman–Crippen MR) is 79.2 cm³/mol. The van der Waals surface area contributed by atoms with E-state index in [1.807, 2.05) is 6.92 Å². The summed E-state index contributed by atoms with van der Waals surface area (Å²) < 4.78 is 26.1. The normalized spacial score (nSPS) is 17.6. The number of alkyl halides is 2. The van der Waals surface area contributed by atoms with Crippen LogP contribution < -0.4 is 11.1 Å². The molecule has 0 spiro atoms. The van der Waals surface area contributed by atoms with E-state index in [0.29, 0.717) is 5.92 Å². The first-order valence-corrected chi connectivity index (χ1v) is 7.34. The van der Waals surface area contributed by atoms with Gasteiger partial charge in [0.05, 0.1) is 13.1 Å². The van der Waals surface area contributed by atoms with E-state index in [4.69, 9.17) is 5.73 Å². The van der Waals surface area contributed by atoms with Crippen molar-refractivity contribution in [2.24, 2.45) is 17.6 Å². The second kappa shape index (κ2) is 9.50. The molecule has 0 aromatic heterocycles. The highest BCUT2D eigenvalue weighted by atomic mass is 35.5. The lowest BCUT2D eigenvalue weighted by atomic mass is 9.89. The summed E-state index contributed by atoms with van der Waals surface area (Å²) in [6.45, 7) is 0.644. The van der Waals surface area contributed by atoms with Crippen LogP contribution in [0, 0.1) is 11.8 Å². The van der Waals surface area contributed by atoms with Crippen LogP contribution in [0.1, 0.15) is 51.9 Å². The maximum Gasteiger partial charge on any atom is 0.277 e. The highest BCUT2D eigenvalue weighted by molar-refractivity contribution is 5.85. The highest BCUT2D eigenvalue weighted by Crippen LogP contribution is 2.31. The van der Waals surface area contributed by atoms with E-state index >= 15 is 0 Å². The Labute approximate surface area is 126 Å². The van der Waals surface area contributed by atoms with Gasteiger partial charge in [-0.05, 0) is 18.8 Å². The fourth-order valence-corrected chi connectivity index (χ4v) is 2.79. The van der Waals surface area contributed by atoms with Gasteiger partial charge in [0.2, 0.25) is 5.91 Å². The van der Waals surface area contributed by atoms with Gasteiger partial charge in [-0.3, -0.25) is 4.79 Å². The van der Waals surface area contributed by atoms with Gasteiger partial charge in [0, 0.05) is 5.92 Å². The molecule has 1 amide bonds. The van der Waals surface area contributed by atoms with Gasteiger partial charge in [0.15, 0.2) is 0 Å². The molecule has 1 aliphatic carbocycles. The molecular formula is C14H27ClF2N2O. The van der Waals surface area contributed by atoms with E-state index in [1.165, 1.54) is 25.7 Å². The maximum absolute atomic E-state index is 13.0. The molecule has 0 aliphatic heterocycles. The Kier molecular flexibility index (Phi) is 9.30. The Bertz CT molecular complexity index is 284. The Morgan fingerprint density at radius 2 is 2.00 bits per heavy atom. The molecule has 20 heavy (non-hydrogen) atoms. The summed E-state index contributed by atoms with van der Waals surface area (Å²) in [5.41, 5.74) is 4.96. The molecule has 1 unspecified atom stereocenters. The van der Waals surface area contributed by atoms with Gasteiger partial charge in [-0.2, -0.15) is 0 Å². The number of nitrogens with two attached hydrogens (primary N) is 1. The van der Waals surface area contributed by atoms with Crippen molar-refractivity contribution in [2.45, 2.75) is 57.8 Å². The first-order valence-electron chi connectivity index (χ1n) is 7.34. The van der Waals surface area contributed by atoms with E-state index in [-0.39, 0.29) is 24.2 Å². The minimum Gasteiger partial charge on any atom is -0.350 e. The Morgan fingerprint density at radius 1 is 1.40 bits per heavy atom. The first kappa shape index (κ1) is 19.6.